The van der Waals surface area contributed by atoms with Crippen LogP contribution in [0.15, 0.2) is 0 Å². The van der Waals surface area contributed by atoms with Gasteiger partial charge in [0, 0.05) is 0 Å². The highest BCUT2D eigenvalue weighted by molar-refractivity contribution is 5.98. The summed E-state index contributed by atoms with van der Waals surface area (Å²) in [5, 5.41) is 19.6. The number of carboxylic acids is 2. The van der Waals surface area contributed by atoms with Gasteiger partial charge in [0.1, 0.15) is 0 Å². The zero-order chi connectivity index (χ0) is 23.4. The van der Waals surface area contributed by atoms with Crippen LogP contribution in [0, 0.1) is 11.3 Å². The SMILES string of the molecule is CCCCCCCCCCCCC(CCCCCCC)CC(CCC)(C(=O)O)C(=O)O. The van der Waals surface area contributed by atoms with E-state index >= 15 is 0 Å². The fraction of sp³-hybridized carbons (Fsp3) is 0.926. The van der Waals surface area contributed by atoms with Crippen molar-refractivity contribution in [1.82, 2.24) is 0 Å². The highest BCUT2D eigenvalue weighted by Crippen LogP contribution is 2.37. The number of hydrogen-bond donors (Lipinski definition) is 2. The molecule has 0 aliphatic rings. The smallest absolute Gasteiger partial charge is 0.321 e. The van der Waals surface area contributed by atoms with E-state index in [1.54, 1.807) is 0 Å². The minimum Gasteiger partial charge on any atom is -0.480 e. The number of rotatable bonds is 23. The second-order valence-electron chi connectivity index (χ2n) is 9.69. The topological polar surface area (TPSA) is 74.6 Å². The standard InChI is InChI=1S/C27H52O4/c1-4-7-9-11-12-13-14-15-17-19-21-24(20-18-16-10-8-5-2)23-27(22-6-3,25(28)29)26(30)31/h24H,4-23H2,1-3H3,(H,28,29)(H,30,31). The van der Waals surface area contributed by atoms with Crippen LogP contribution in [-0.2, 0) is 9.59 Å². The summed E-state index contributed by atoms with van der Waals surface area (Å²) < 4.78 is 0. The molecule has 0 radical (unpaired) electrons. The molecule has 0 aromatic carbocycles. The van der Waals surface area contributed by atoms with Crippen LogP contribution in [-0.4, -0.2) is 22.2 Å². The van der Waals surface area contributed by atoms with Gasteiger partial charge in [0.05, 0.1) is 0 Å². The molecule has 4 nitrogen and oxygen atoms in total. The Morgan fingerprint density at radius 1 is 0.581 bits per heavy atom. The molecular weight excluding hydrogens is 388 g/mol. The highest BCUT2D eigenvalue weighted by atomic mass is 16.4. The molecular formula is C27H52O4. The lowest BCUT2D eigenvalue weighted by molar-refractivity contribution is -0.167. The van der Waals surface area contributed by atoms with E-state index in [-0.39, 0.29) is 18.8 Å². The minimum atomic E-state index is -1.61. The zero-order valence-corrected chi connectivity index (χ0v) is 20.9. The van der Waals surface area contributed by atoms with Crippen molar-refractivity contribution in [2.24, 2.45) is 11.3 Å². The van der Waals surface area contributed by atoms with Crippen LogP contribution >= 0.6 is 0 Å². The molecule has 0 aromatic rings. The second-order valence-corrected chi connectivity index (χ2v) is 9.69. The van der Waals surface area contributed by atoms with Crippen LogP contribution in [0.3, 0.4) is 0 Å². The second kappa shape index (κ2) is 19.6. The molecule has 0 amide bonds. The summed E-state index contributed by atoms with van der Waals surface area (Å²) >= 11 is 0. The average Bonchev–Trinajstić information content (AvgIpc) is 2.73. The molecule has 0 spiro atoms. The largest absolute Gasteiger partial charge is 0.480 e. The van der Waals surface area contributed by atoms with E-state index in [9.17, 15) is 19.8 Å². The first-order valence-corrected chi connectivity index (χ1v) is 13.4. The van der Waals surface area contributed by atoms with Crippen LogP contribution in [0.25, 0.3) is 0 Å². The summed E-state index contributed by atoms with van der Waals surface area (Å²) in [5.74, 6) is -2.10. The Bertz CT molecular complexity index is 433. The van der Waals surface area contributed by atoms with Gasteiger partial charge in [-0.15, -0.1) is 0 Å². The Morgan fingerprint density at radius 3 is 1.26 bits per heavy atom. The van der Waals surface area contributed by atoms with Crippen molar-refractivity contribution in [3.8, 4) is 0 Å². The first kappa shape index (κ1) is 29.9. The maximum absolute atomic E-state index is 12.0. The Morgan fingerprint density at radius 2 is 0.935 bits per heavy atom. The third-order valence-corrected chi connectivity index (χ3v) is 6.81. The number of hydrogen-bond acceptors (Lipinski definition) is 2. The van der Waals surface area contributed by atoms with Crippen LogP contribution in [0.4, 0.5) is 0 Å². The monoisotopic (exact) mass is 440 g/mol. The number of carbonyl (C=O) groups is 2. The summed E-state index contributed by atoms with van der Waals surface area (Å²) in [4.78, 5) is 23.9. The van der Waals surface area contributed by atoms with E-state index in [1.807, 2.05) is 6.92 Å². The predicted molar refractivity (Wildman–Crippen MR) is 131 cm³/mol. The van der Waals surface area contributed by atoms with Gasteiger partial charge in [-0.25, -0.2) is 0 Å². The Kier molecular flexibility index (Phi) is 18.9. The maximum atomic E-state index is 12.0. The molecule has 0 saturated carbocycles. The van der Waals surface area contributed by atoms with Gasteiger partial charge < -0.3 is 10.2 Å². The van der Waals surface area contributed by atoms with Crippen LogP contribution in [0.1, 0.15) is 149 Å². The maximum Gasteiger partial charge on any atom is 0.321 e. The van der Waals surface area contributed by atoms with Crippen molar-refractivity contribution in [3.63, 3.8) is 0 Å². The minimum absolute atomic E-state index is 0.203. The summed E-state index contributed by atoms with van der Waals surface area (Å²) in [6.45, 7) is 6.33. The molecule has 4 heteroatoms. The Labute approximate surface area is 192 Å². The van der Waals surface area contributed by atoms with Gasteiger partial charge in [-0.1, -0.05) is 136 Å². The highest BCUT2D eigenvalue weighted by Gasteiger charge is 2.46. The number of aliphatic carboxylic acids is 2. The molecule has 0 aromatic heterocycles. The van der Waals surface area contributed by atoms with Gasteiger partial charge in [-0.05, 0) is 18.8 Å². The Hall–Kier alpha value is -1.06. The molecule has 2 N–H and O–H groups in total. The molecule has 1 atom stereocenters. The quantitative estimate of drug-likeness (QED) is 0.123. The van der Waals surface area contributed by atoms with Crippen molar-refractivity contribution in [2.45, 2.75) is 149 Å². The van der Waals surface area contributed by atoms with Gasteiger partial charge in [-0.3, -0.25) is 9.59 Å². The zero-order valence-electron chi connectivity index (χ0n) is 20.9. The molecule has 184 valence electrons. The van der Waals surface area contributed by atoms with Gasteiger partial charge in [0.2, 0.25) is 0 Å². The van der Waals surface area contributed by atoms with Crippen molar-refractivity contribution in [2.75, 3.05) is 0 Å². The van der Waals surface area contributed by atoms with Crippen molar-refractivity contribution in [3.05, 3.63) is 0 Å². The van der Waals surface area contributed by atoms with Crippen molar-refractivity contribution < 1.29 is 19.8 Å². The molecule has 0 bridgehead atoms. The van der Waals surface area contributed by atoms with Crippen LogP contribution < -0.4 is 0 Å². The predicted octanol–water partition coefficient (Wildman–Crippen LogP) is 8.62. The van der Waals surface area contributed by atoms with Gasteiger partial charge >= 0.3 is 11.9 Å². The lowest BCUT2D eigenvalue weighted by atomic mass is 9.73. The molecule has 0 heterocycles. The van der Waals surface area contributed by atoms with Crippen molar-refractivity contribution in [1.29, 1.82) is 0 Å². The molecule has 0 aliphatic heterocycles. The third-order valence-electron chi connectivity index (χ3n) is 6.81. The molecule has 0 rings (SSSR count). The summed E-state index contributed by atoms with van der Waals surface area (Å²) in [5.41, 5.74) is -1.61. The van der Waals surface area contributed by atoms with E-state index < -0.39 is 17.4 Å². The lowest BCUT2D eigenvalue weighted by Crippen LogP contribution is -2.41. The number of carboxylic acid groups (broad SMARTS) is 2. The summed E-state index contributed by atoms with van der Waals surface area (Å²) in [6.07, 6.45) is 21.8. The fourth-order valence-electron chi connectivity index (χ4n) is 4.81. The normalized spacial score (nSPS) is 12.7. The van der Waals surface area contributed by atoms with E-state index in [2.05, 4.69) is 13.8 Å². The van der Waals surface area contributed by atoms with Gasteiger partial charge in [-0.2, -0.15) is 0 Å². The van der Waals surface area contributed by atoms with E-state index in [0.717, 1.165) is 25.7 Å². The summed E-state index contributed by atoms with van der Waals surface area (Å²) in [6, 6.07) is 0. The van der Waals surface area contributed by atoms with E-state index in [4.69, 9.17) is 0 Å². The first-order chi connectivity index (χ1) is 14.9. The lowest BCUT2D eigenvalue weighted by Gasteiger charge is -2.29. The fourth-order valence-corrected chi connectivity index (χ4v) is 4.81. The molecule has 31 heavy (non-hydrogen) atoms. The molecule has 0 saturated heterocycles. The van der Waals surface area contributed by atoms with Gasteiger partial charge in [0.25, 0.3) is 0 Å². The molecule has 0 fully saturated rings. The van der Waals surface area contributed by atoms with E-state index in [0.29, 0.717) is 6.42 Å². The average molecular weight is 441 g/mol. The van der Waals surface area contributed by atoms with E-state index in [1.165, 1.54) is 83.5 Å². The van der Waals surface area contributed by atoms with Crippen LogP contribution in [0.2, 0.25) is 0 Å². The van der Waals surface area contributed by atoms with Gasteiger partial charge in [0.15, 0.2) is 5.41 Å². The number of unbranched alkanes of at least 4 members (excludes halogenated alkanes) is 13. The van der Waals surface area contributed by atoms with Crippen LogP contribution in [0.5, 0.6) is 0 Å². The third kappa shape index (κ3) is 13.9. The molecule has 0 aliphatic carbocycles. The van der Waals surface area contributed by atoms with Crippen molar-refractivity contribution >= 4 is 11.9 Å². The molecule has 1 unspecified atom stereocenters. The first-order valence-electron chi connectivity index (χ1n) is 13.4. The summed E-state index contributed by atoms with van der Waals surface area (Å²) in [7, 11) is 0. The Balaban J connectivity index is 4.55.